The molecule has 2 amide bonds. The minimum absolute atomic E-state index is 0.0448. The highest BCUT2D eigenvalue weighted by atomic mass is 16.2. The first-order chi connectivity index (χ1) is 10.5. The standard InChI is InChI=1S/C18H34N2O2/c1-5-11-15(4)14-16(21)19-18(12-9-8-10-13-18)17(22)20(6-2)7-3/h15H,5-14H2,1-4H3,(H,19,21). The molecule has 1 saturated carbocycles. The summed E-state index contributed by atoms with van der Waals surface area (Å²) in [6, 6.07) is 0. The molecule has 4 nitrogen and oxygen atoms in total. The lowest BCUT2D eigenvalue weighted by Crippen LogP contribution is -2.60. The molecular formula is C18H34N2O2. The summed E-state index contributed by atoms with van der Waals surface area (Å²) in [6.07, 6.45) is 7.47. The predicted octanol–water partition coefficient (Wildman–Crippen LogP) is 3.50. The van der Waals surface area contributed by atoms with E-state index in [1.165, 1.54) is 0 Å². The Balaban J connectivity index is 2.79. The number of carbonyl (C=O) groups is 2. The molecule has 128 valence electrons. The lowest BCUT2D eigenvalue weighted by molar-refractivity contribution is -0.143. The van der Waals surface area contributed by atoms with E-state index < -0.39 is 5.54 Å². The van der Waals surface area contributed by atoms with Crippen molar-refractivity contribution in [2.24, 2.45) is 5.92 Å². The molecular weight excluding hydrogens is 276 g/mol. The van der Waals surface area contributed by atoms with Gasteiger partial charge in [0.05, 0.1) is 0 Å². The Morgan fingerprint density at radius 2 is 1.68 bits per heavy atom. The van der Waals surface area contributed by atoms with Gasteiger partial charge in [0.1, 0.15) is 5.54 Å². The zero-order chi connectivity index (χ0) is 16.6. The second kappa shape index (κ2) is 9.16. The maximum Gasteiger partial charge on any atom is 0.248 e. The lowest BCUT2D eigenvalue weighted by Gasteiger charge is -2.40. The molecule has 1 fully saturated rings. The third kappa shape index (κ3) is 4.99. The maximum absolute atomic E-state index is 12.9. The van der Waals surface area contributed by atoms with Gasteiger partial charge in [-0.05, 0) is 32.6 Å². The lowest BCUT2D eigenvalue weighted by atomic mass is 9.80. The number of carbonyl (C=O) groups excluding carboxylic acids is 2. The van der Waals surface area contributed by atoms with Gasteiger partial charge in [-0.2, -0.15) is 0 Å². The van der Waals surface area contributed by atoms with Crippen LogP contribution in [-0.2, 0) is 9.59 Å². The van der Waals surface area contributed by atoms with Gasteiger partial charge >= 0.3 is 0 Å². The van der Waals surface area contributed by atoms with Crippen molar-refractivity contribution < 1.29 is 9.59 Å². The van der Waals surface area contributed by atoms with Gasteiger partial charge in [-0.3, -0.25) is 9.59 Å². The van der Waals surface area contributed by atoms with Crippen LogP contribution in [0.25, 0.3) is 0 Å². The molecule has 1 aliphatic rings. The molecule has 1 N–H and O–H groups in total. The van der Waals surface area contributed by atoms with Gasteiger partial charge in [0.15, 0.2) is 0 Å². The molecule has 22 heavy (non-hydrogen) atoms. The Morgan fingerprint density at radius 3 is 2.18 bits per heavy atom. The van der Waals surface area contributed by atoms with Crippen LogP contribution < -0.4 is 5.32 Å². The highest BCUT2D eigenvalue weighted by molar-refractivity contribution is 5.91. The summed E-state index contributed by atoms with van der Waals surface area (Å²) >= 11 is 0. The van der Waals surface area contributed by atoms with E-state index in [0.717, 1.165) is 44.9 Å². The normalized spacial score (nSPS) is 18.5. The van der Waals surface area contributed by atoms with Crippen molar-refractivity contribution in [2.45, 2.75) is 84.6 Å². The summed E-state index contributed by atoms with van der Waals surface area (Å²) in [5.74, 6) is 0.547. The summed E-state index contributed by atoms with van der Waals surface area (Å²) in [5, 5.41) is 3.14. The quantitative estimate of drug-likeness (QED) is 0.746. The van der Waals surface area contributed by atoms with Crippen LogP contribution in [0.3, 0.4) is 0 Å². The molecule has 0 aromatic heterocycles. The van der Waals surface area contributed by atoms with E-state index in [9.17, 15) is 9.59 Å². The van der Waals surface area contributed by atoms with Crippen LogP contribution in [0.4, 0.5) is 0 Å². The van der Waals surface area contributed by atoms with Gasteiger partial charge in [0.25, 0.3) is 0 Å². The van der Waals surface area contributed by atoms with Crippen LogP contribution in [0, 0.1) is 5.92 Å². The van der Waals surface area contributed by atoms with Gasteiger partial charge in [-0.1, -0.05) is 46.0 Å². The predicted molar refractivity (Wildman–Crippen MR) is 90.6 cm³/mol. The molecule has 1 aliphatic carbocycles. The van der Waals surface area contributed by atoms with E-state index in [1.807, 2.05) is 18.7 Å². The van der Waals surface area contributed by atoms with Crippen molar-refractivity contribution in [3.05, 3.63) is 0 Å². The van der Waals surface area contributed by atoms with E-state index in [1.54, 1.807) is 0 Å². The van der Waals surface area contributed by atoms with E-state index in [0.29, 0.717) is 25.4 Å². The first kappa shape index (κ1) is 19.0. The van der Waals surface area contributed by atoms with Crippen molar-refractivity contribution in [1.29, 1.82) is 0 Å². The topological polar surface area (TPSA) is 49.4 Å². The van der Waals surface area contributed by atoms with Crippen LogP contribution in [0.2, 0.25) is 0 Å². The number of rotatable bonds is 8. The fourth-order valence-corrected chi connectivity index (χ4v) is 3.59. The third-order valence-corrected chi connectivity index (χ3v) is 4.86. The molecule has 0 heterocycles. The Bertz CT molecular complexity index is 358. The number of likely N-dealkylation sites (N-methyl/N-ethyl adjacent to an activating group) is 1. The molecule has 1 unspecified atom stereocenters. The number of hydrogen-bond acceptors (Lipinski definition) is 2. The average Bonchev–Trinajstić information content (AvgIpc) is 2.49. The molecule has 1 atom stereocenters. The van der Waals surface area contributed by atoms with Crippen molar-refractivity contribution in [1.82, 2.24) is 10.2 Å². The SMILES string of the molecule is CCCC(C)CC(=O)NC1(C(=O)N(CC)CC)CCCCC1. The van der Waals surface area contributed by atoms with Crippen LogP contribution in [0.15, 0.2) is 0 Å². The van der Waals surface area contributed by atoms with Gasteiger partial charge in [0.2, 0.25) is 11.8 Å². The largest absolute Gasteiger partial charge is 0.342 e. The molecule has 0 bridgehead atoms. The number of nitrogens with zero attached hydrogens (tertiary/aromatic N) is 1. The van der Waals surface area contributed by atoms with Crippen LogP contribution in [0.5, 0.6) is 0 Å². The van der Waals surface area contributed by atoms with Crippen LogP contribution in [0.1, 0.15) is 79.1 Å². The first-order valence-electron chi connectivity index (χ1n) is 9.09. The molecule has 0 radical (unpaired) electrons. The zero-order valence-electron chi connectivity index (χ0n) is 14.9. The highest BCUT2D eigenvalue weighted by Crippen LogP contribution is 2.30. The number of amides is 2. The van der Waals surface area contributed by atoms with E-state index in [-0.39, 0.29) is 11.8 Å². The minimum atomic E-state index is -0.646. The van der Waals surface area contributed by atoms with E-state index in [2.05, 4.69) is 19.2 Å². The minimum Gasteiger partial charge on any atom is -0.342 e. The fraction of sp³-hybridized carbons (Fsp3) is 0.889. The molecule has 0 saturated heterocycles. The van der Waals surface area contributed by atoms with E-state index >= 15 is 0 Å². The van der Waals surface area contributed by atoms with Gasteiger partial charge in [0, 0.05) is 19.5 Å². The first-order valence-corrected chi connectivity index (χ1v) is 9.09. The average molecular weight is 310 g/mol. The van der Waals surface area contributed by atoms with Crippen LogP contribution in [-0.4, -0.2) is 35.3 Å². The maximum atomic E-state index is 12.9. The Labute approximate surface area is 136 Å². The van der Waals surface area contributed by atoms with Crippen LogP contribution >= 0.6 is 0 Å². The second-order valence-corrected chi connectivity index (χ2v) is 6.77. The number of hydrogen-bond donors (Lipinski definition) is 1. The van der Waals surface area contributed by atoms with Crippen molar-refractivity contribution in [3.8, 4) is 0 Å². The number of nitrogens with one attached hydrogen (secondary N) is 1. The highest BCUT2D eigenvalue weighted by Gasteiger charge is 2.42. The monoisotopic (exact) mass is 310 g/mol. The second-order valence-electron chi connectivity index (χ2n) is 6.77. The summed E-state index contributed by atoms with van der Waals surface area (Å²) in [4.78, 5) is 27.2. The van der Waals surface area contributed by atoms with Gasteiger partial charge in [-0.15, -0.1) is 0 Å². The molecule has 0 aliphatic heterocycles. The van der Waals surface area contributed by atoms with E-state index in [4.69, 9.17) is 0 Å². The summed E-state index contributed by atoms with van der Waals surface area (Å²) in [5.41, 5.74) is -0.646. The molecule has 4 heteroatoms. The molecule has 0 aromatic carbocycles. The smallest absolute Gasteiger partial charge is 0.248 e. The Hall–Kier alpha value is -1.06. The molecule has 0 aromatic rings. The zero-order valence-corrected chi connectivity index (χ0v) is 14.9. The fourth-order valence-electron chi connectivity index (χ4n) is 3.59. The summed E-state index contributed by atoms with van der Waals surface area (Å²) in [7, 11) is 0. The summed E-state index contributed by atoms with van der Waals surface area (Å²) < 4.78 is 0. The van der Waals surface area contributed by atoms with Gasteiger partial charge in [-0.25, -0.2) is 0 Å². The third-order valence-electron chi connectivity index (χ3n) is 4.86. The Kier molecular flexibility index (Phi) is 7.91. The van der Waals surface area contributed by atoms with Gasteiger partial charge < -0.3 is 10.2 Å². The van der Waals surface area contributed by atoms with Crippen molar-refractivity contribution >= 4 is 11.8 Å². The summed E-state index contributed by atoms with van der Waals surface area (Å²) in [6.45, 7) is 9.67. The van der Waals surface area contributed by atoms with Crippen molar-refractivity contribution in [2.75, 3.05) is 13.1 Å². The Morgan fingerprint density at radius 1 is 1.09 bits per heavy atom. The molecule has 1 rings (SSSR count). The van der Waals surface area contributed by atoms with Crippen molar-refractivity contribution in [3.63, 3.8) is 0 Å². The molecule has 0 spiro atoms.